The van der Waals surface area contributed by atoms with Crippen LogP contribution in [-0.2, 0) is 4.74 Å². The van der Waals surface area contributed by atoms with E-state index < -0.39 is 0 Å². The highest BCUT2D eigenvalue weighted by Crippen LogP contribution is 2.24. The normalized spacial score (nSPS) is 24.7. The number of nitrogens with zero attached hydrogens (tertiary/aromatic N) is 4. The highest BCUT2D eigenvalue weighted by Gasteiger charge is 2.25. The van der Waals surface area contributed by atoms with E-state index in [9.17, 15) is 0 Å². The molecule has 0 aromatic carbocycles. The molecule has 0 radical (unpaired) electrons. The van der Waals surface area contributed by atoms with Gasteiger partial charge in [-0.15, -0.1) is 5.10 Å². The van der Waals surface area contributed by atoms with Crippen molar-refractivity contribution in [2.24, 2.45) is 0 Å². The Balaban J connectivity index is 2.05. The predicted octanol–water partition coefficient (Wildman–Crippen LogP) is 2.00. The van der Waals surface area contributed by atoms with Gasteiger partial charge in [0.05, 0.1) is 12.2 Å². The van der Waals surface area contributed by atoms with E-state index in [0.29, 0.717) is 0 Å². The number of hydrogen-bond acceptors (Lipinski definition) is 4. The van der Waals surface area contributed by atoms with Crippen LogP contribution in [0.4, 0.5) is 5.82 Å². The second-order valence-electron chi connectivity index (χ2n) is 4.70. The first-order valence-corrected chi connectivity index (χ1v) is 6.42. The maximum atomic E-state index is 5.97. The van der Waals surface area contributed by atoms with Gasteiger partial charge >= 0.3 is 0 Å². The second kappa shape index (κ2) is 4.40. The number of hydrogen-bond donors (Lipinski definition) is 0. The molecule has 1 aliphatic rings. The molecule has 96 valence electrons. The van der Waals surface area contributed by atoms with E-state index in [1.54, 1.807) is 4.52 Å². The van der Waals surface area contributed by atoms with Crippen molar-refractivity contribution >= 4 is 22.9 Å². The third-order valence-electron chi connectivity index (χ3n) is 3.06. The van der Waals surface area contributed by atoms with Gasteiger partial charge in [0.15, 0.2) is 5.82 Å². The van der Waals surface area contributed by atoms with Crippen molar-refractivity contribution in [1.82, 2.24) is 14.6 Å². The highest BCUT2D eigenvalue weighted by atomic mass is 35.5. The second-order valence-corrected chi connectivity index (χ2v) is 5.04. The minimum absolute atomic E-state index is 0.192. The molecule has 0 N–H and O–H groups in total. The zero-order valence-electron chi connectivity index (χ0n) is 10.4. The van der Waals surface area contributed by atoms with Gasteiger partial charge < -0.3 is 9.64 Å². The van der Waals surface area contributed by atoms with Crippen LogP contribution in [0.1, 0.15) is 13.8 Å². The standard InChI is InChI=1S/C12H15ClN4O/c1-8-6-16(7-9(2)18-8)11-10-4-3-5-17(10)15-12(13)14-11/h3-5,8-9H,6-7H2,1-2H3. The predicted molar refractivity (Wildman–Crippen MR) is 70.2 cm³/mol. The third-order valence-corrected chi connectivity index (χ3v) is 3.22. The Kier molecular flexibility index (Phi) is 2.87. The molecule has 2 atom stereocenters. The van der Waals surface area contributed by atoms with Crippen LogP contribution in [0, 0.1) is 0 Å². The maximum Gasteiger partial charge on any atom is 0.243 e. The molecule has 3 heterocycles. The topological polar surface area (TPSA) is 42.7 Å². The molecule has 2 aromatic heterocycles. The Labute approximate surface area is 110 Å². The monoisotopic (exact) mass is 266 g/mol. The number of ether oxygens (including phenoxy) is 1. The van der Waals surface area contributed by atoms with Crippen molar-refractivity contribution in [2.75, 3.05) is 18.0 Å². The van der Waals surface area contributed by atoms with Crippen LogP contribution in [0.15, 0.2) is 18.3 Å². The molecule has 1 fully saturated rings. The number of morpholine rings is 1. The van der Waals surface area contributed by atoms with E-state index in [4.69, 9.17) is 16.3 Å². The molecule has 2 aromatic rings. The summed E-state index contributed by atoms with van der Waals surface area (Å²) in [4.78, 5) is 6.58. The highest BCUT2D eigenvalue weighted by molar-refractivity contribution is 6.28. The Bertz CT molecular complexity index is 560. The number of halogens is 1. The SMILES string of the molecule is CC1CN(c2nc(Cl)nn3cccc23)CC(C)O1. The summed E-state index contributed by atoms with van der Waals surface area (Å²) in [6.45, 7) is 5.78. The molecule has 1 aliphatic heterocycles. The van der Waals surface area contributed by atoms with Gasteiger partial charge in [0.25, 0.3) is 0 Å². The zero-order chi connectivity index (χ0) is 12.7. The average Bonchev–Trinajstić information content (AvgIpc) is 2.74. The number of fused-ring (bicyclic) bond motifs is 1. The summed E-state index contributed by atoms with van der Waals surface area (Å²) in [5.41, 5.74) is 0.973. The van der Waals surface area contributed by atoms with E-state index in [1.807, 2.05) is 18.3 Å². The van der Waals surface area contributed by atoms with Crippen LogP contribution >= 0.6 is 11.6 Å². The summed E-state index contributed by atoms with van der Waals surface area (Å²) in [6.07, 6.45) is 2.26. The minimum atomic E-state index is 0.192. The lowest BCUT2D eigenvalue weighted by molar-refractivity contribution is -0.00539. The molecule has 0 aliphatic carbocycles. The fourth-order valence-corrected chi connectivity index (χ4v) is 2.64. The first-order chi connectivity index (χ1) is 8.63. The van der Waals surface area contributed by atoms with Crippen LogP contribution in [-0.4, -0.2) is 39.9 Å². The quantitative estimate of drug-likeness (QED) is 0.792. The first-order valence-electron chi connectivity index (χ1n) is 6.05. The van der Waals surface area contributed by atoms with Crippen LogP contribution in [0.25, 0.3) is 5.52 Å². The molecule has 18 heavy (non-hydrogen) atoms. The van der Waals surface area contributed by atoms with Crippen molar-refractivity contribution in [3.05, 3.63) is 23.6 Å². The molecule has 0 saturated carbocycles. The summed E-state index contributed by atoms with van der Waals surface area (Å²) >= 11 is 5.97. The van der Waals surface area contributed by atoms with E-state index in [1.165, 1.54) is 0 Å². The Morgan fingerprint density at radius 2 is 2.06 bits per heavy atom. The zero-order valence-corrected chi connectivity index (χ0v) is 11.1. The van der Waals surface area contributed by atoms with Gasteiger partial charge in [-0.3, -0.25) is 0 Å². The fourth-order valence-electron chi connectivity index (χ4n) is 2.48. The molecule has 5 nitrogen and oxygen atoms in total. The van der Waals surface area contributed by atoms with Crippen molar-refractivity contribution in [3.63, 3.8) is 0 Å². The van der Waals surface area contributed by atoms with E-state index in [-0.39, 0.29) is 17.5 Å². The summed E-state index contributed by atoms with van der Waals surface area (Å²) in [5, 5.41) is 4.41. The fraction of sp³-hybridized carbons (Fsp3) is 0.500. The lowest BCUT2D eigenvalue weighted by Gasteiger charge is -2.36. The smallest absolute Gasteiger partial charge is 0.243 e. The summed E-state index contributed by atoms with van der Waals surface area (Å²) < 4.78 is 7.50. The lowest BCUT2D eigenvalue weighted by atomic mass is 10.2. The van der Waals surface area contributed by atoms with Crippen LogP contribution in [0.3, 0.4) is 0 Å². The Morgan fingerprint density at radius 1 is 1.33 bits per heavy atom. The van der Waals surface area contributed by atoms with E-state index in [2.05, 4.69) is 28.8 Å². The number of rotatable bonds is 1. The minimum Gasteiger partial charge on any atom is -0.372 e. The molecule has 6 heteroatoms. The molecule has 0 spiro atoms. The van der Waals surface area contributed by atoms with Crippen molar-refractivity contribution in [1.29, 1.82) is 0 Å². The van der Waals surface area contributed by atoms with Crippen LogP contribution < -0.4 is 4.90 Å². The van der Waals surface area contributed by atoms with Crippen LogP contribution in [0.2, 0.25) is 5.28 Å². The molecule has 0 amide bonds. The molecular formula is C12H15ClN4O. The molecule has 3 rings (SSSR count). The largest absolute Gasteiger partial charge is 0.372 e. The summed E-state index contributed by atoms with van der Waals surface area (Å²) in [6, 6.07) is 3.94. The molecule has 0 bridgehead atoms. The van der Waals surface area contributed by atoms with Crippen molar-refractivity contribution < 1.29 is 4.74 Å². The lowest BCUT2D eigenvalue weighted by Crippen LogP contribution is -2.46. The van der Waals surface area contributed by atoms with Crippen molar-refractivity contribution in [2.45, 2.75) is 26.1 Å². The number of anilines is 1. The molecule has 2 unspecified atom stereocenters. The maximum absolute atomic E-state index is 5.97. The number of aromatic nitrogens is 3. The Morgan fingerprint density at radius 3 is 2.78 bits per heavy atom. The summed E-state index contributed by atoms with van der Waals surface area (Å²) in [7, 11) is 0. The summed E-state index contributed by atoms with van der Waals surface area (Å²) in [5.74, 6) is 0.877. The molecule has 1 saturated heterocycles. The third kappa shape index (κ3) is 2.04. The Hall–Kier alpha value is -1.33. The van der Waals surface area contributed by atoms with Gasteiger partial charge in [-0.25, -0.2) is 4.52 Å². The van der Waals surface area contributed by atoms with Gasteiger partial charge in [0, 0.05) is 19.3 Å². The molecular weight excluding hydrogens is 252 g/mol. The van der Waals surface area contributed by atoms with Gasteiger partial charge in [-0.05, 0) is 37.6 Å². The van der Waals surface area contributed by atoms with Gasteiger partial charge in [0.2, 0.25) is 5.28 Å². The van der Waals surface area contributed by atoms with Gasteiger partial charge in [-0.2, -0.15) is 4.98 Å². The van der Waals surface area contributed by atoms with E-state index >= 15 is 0 Å². The van der Waals surface area contributed by atoms with Crippen LogP contribution in [0.5, 0.6) is 0 Å². The van der Waals surface area contributed by atoms with Gasteiger partial charge in [0.1, 0.15) is 5.52 Å². The van der Waals surface area contributed by atoms with E-state index in [0.717, 1.165) is 24.4 Å². The average molecular weight is 267 g/mol. The first kappa shape index (κ1) is 11.7. The van der Waals surface area contributed by atoms with Gasteiger partial charge in [-0.1, -0.05) is 0 Å². The van der Waals surface area contributed by atoms with Crippen molar-refractivity contribution in [3.8, 4) is 0 Å².